The Bertz CT molecular complexity index is 447. The Hall–Kier alpha value is -1.21. The highest BCUT2D eigenvalue weighted by Crippen LogP contribution is 2.41. The summed E-state index contributed by atoms with van der Waals surface area (Å²) in [5.41, 5.74) is 0. The van der Waals surface area contributed by atoms with Gasteiger partial charge in [-0.1, -0.05) is 0 Å². The van der Waals surface area contributed by atoms with Crippen LogP contribution in [0, 0.1) is 0 Å². The van der Waals surface area contributed by atoms with Crippen LogP contribution in [-0.2, 0) is 32.0 Å². The van der Waals surface area contributed by atoms with Gasteiger partial charge in [0.25, 0.3) is 5.91 Å². The highest BCUT2D eigenvalue weighted by molar-refractivity contribution is 7.47. The van der Waals surface area contributed by atoms with Gasteiger partial charge in [-0.05, 0) is 0 Å². The maximum absolute atomic E-state index is 11.5. The number of phosphoric ester groups is 1. The average molecular weight is 278 g/mol. The molecule has 0 spiro atoms. The number of nitrogens with one attached hydrogen (secondary N) is 1. The molecule has 1 unspecified atom stereocenters. The SMILES string of the molecule is COP(=O)(O)OCCNC(=O)Cn1cc[n+](C)c1. The minimum absolute atomic E-state index is 0.0905. The molecule has 2 N–H and O–H groups in total. The lowest BCUT2D eigenvalue weighted by molar-refractivity contribution is -0.671. The van der Waals surface area contributed by atoms with Crippen molar-refractivity contribution < 1.29 is 27.9 Å². The minimum Gasteiger partial charge on any atom is -0.350 e. The van der Waals surface area contributed by atoms with Crippen molar-refractivity contribution in [1.29, 1.82) is 0 Å². The van der Waals surface area contributed by atoms with Crippen LogP contribution in [0.5, 0.6) is 0 Å². The van der Waals surface area contributed by atoms with E-state index >= 15 is 0 Å². The maximum Gasteiger partial charge on any atom is 0.471 e. The zero-order valence-electron chi connectivity index (χ0n) is 10.3. The van der Waals surface area contributed by atoms with E-state index in [0.717, 1.165) is 7.11 Å². The van der Waals surface area contributed by atoms with Crippen molar-refractivity contribution in [2.45, 2.75) is 6.54 Å². The summed E-state index contributed by atoms with van der Waals surface area (Å²) in [5.74, 6) is -0.208. The van der Waals surface area contributed by atoms with E-state index in [4.69, 9.17) is 4.89 Å². The minimum atomic E-state index is -3.96. The Morgan fingerprint density at radius 2 is 2.33 bits per heavy atom. The van der Waals surface area contributed by atoms with Crippen molar-refractivity contribution in [3.05, 3.63) is 18.7 Å². The molecule has 1 aromatic rings. The third-order valence-corrected chi connectivity index (χ3v) is 3.03. The first-order valence-electron chi connectivity index (χ1n) is 5.24. The van der Waals surface area contributed by atoms with E-state index in [1.807, 2.05) is 17.8 Å². The monoisotopic (exact) mass is 278 g/mol. The fourth-order valence-electron chi connectivity index (χ4n) is 1.22. The molecule has 1 amide bonds. The molecule has 1 rings (SSSR count). The molecule has 102 valence electrons. The van der Waals surface area contributed by atoms with Crippen LogP contribution < -0.4 is 9.88 Å². The zero-order valence-corrected chi connectivity index (χ0v) is 11.2. The molecule has 1 atom stereocenters. The number of hydrogen-bond donors (Lipinski definition) is 2. The van der Waals surface area contributed by atoms with Crippen molar-refractivity contribution in [2.75, 3.05) is 20.3 Å². The van der Waals surface area contributed by atoms with Crippen LogP contribution in [-0.4, -0.2) is 35.6 Å². The number of aromatic nitrogens is 2. The molecule has 0 fully saturated rings. The molecule has 8 nitrogen and oxygen atoms in total. The zero-order chi connectivity index (χ0) is 13.6. The quantitative estimate of drug-likeness (QED) is 0.386. The number of carbonyl (C=O) groups is 1. The van der Waals surface area contributed by atoms with E-state index in [0.29, 0.717) is 0 Å². The number of carbonyl (C=O) groups excluding carboxylic acids is 1. The summed E-state index contributed by atoms with van der Waals surface area (Å²) in [6.07, 6.45) is 5.35. The number of imidazole rings is 1. The lowest BCUT2D eigenvalue weighted by atomic mass is 10.5. The van der Waals surface area contributed by atoms with Gasteiger partial charge in [-0.25, -0.2) is 13.7 Å². The van der Waals surface area contributed by atoms with Crippen molar-refractivity contribution in [3.8, 4) is 0 Å². The number of amides is 1. The van der Waals surface area contributed by atoms with Gasteiger partial charge in [0.15, 0.2) is 6.54 Å². The van der Waals surface area contributed by atoms with E-state index in [-0.39, 0.29) is 25.6 Å². The number of rotatable bonds is 7. The van der Waals surface area contributed by atoms with Crippen molar-refractivity contribution >= 4 is 13.7 Å². The van der Waals surface area contributed by atoms with Crippen molar-refractivity contribution in [3.63, 3.8) is 0 Å². The summed E-state index contributed by atoms with van der Waals surface area (Å²) in [6.45, 7) is 0.231. The van der Waals surface area contributed by atoms with Gasteiger partial charge in [-0.2, -0.15) is 0 Å². The Kier molecular flexibility index (Phi) is 5.49. The first-order valence-corrected chi connectivity index (χ1v) is 6.73. The number of aryl methyl sites for hydroxylation is 1. The summed E-state index contributed by atoms with van der Waals surface area (Å²) >= 11 is 0. The highest BCUT2D eigenvalue weighted by Gasteiger charge is 2.17. The topological polar surface area (TPSA) is 93.7 Å². The highest BCUT2D eigenvalue weighted by atomic mass is 31.2. The molecule has 9 heteroatoms. The molecule has 1 aromatic heterocycles. The molecule has 0 radical (unpaired) electrons. The smallest absolute Gasteiger partial charge is 0.350 e. The summed E-state index contributed by atoms with van der Waals surface area (Å²) in [7, 11) is -1.03. The molecule has 0 aromatic carbocycles. The van der Waals surface area contributed by atoms with Crippen LogP contribution in [0.2, 0.25) is 0 Å². The molecule has 0 aliphatic heterocycles. The van der Waals surface area contributed by atoms with Crippen LogP contribution in [0.3, 0.4) is 0 Å². The molecule has 0 aliphatic rings. The number of nitrogens with zero attached hydrogens (tertiary/aromatic N) is 2. The van der Waals surface area contributed by atoms with Gasteiger partial charge in [-0.3, -0.25) is 13.8 Å². The maximum atomic E-state index is 11.5. The number of phosphoric acid groups is 1. The van der Waals surface area contributed by atoms with Crippen molar-refractivity contribution in [2.24, 2.45) is 7.05 Å². The molecule has 0 bridgehead atoms. The van der Waals surface area contributed by atoms with E-state index in [1.54, 1.807) is 17.1 Å². The molecule has 0 saturated carbocycles. The molecular weight excluding hydrogens is 261 g/mol. The second kappa shape index (κ2) is 6.65. The normalized spacial score (nSPS) is 14.2. The summed E-state index contributed by atoms with van der Waals surface area (Å²) < 4.78 is 23.2. The van der Waals surface area contributed by atoms with Gasteiger partial charge in [0, 0.05) is 13.7 Å². The Labute approximate surface area is 105 Å². The number of hydrogen-bond acceptors (Lipinski definition) is 4. The molecule has 18 heavy (non-hydrogen) atoms. The third-order valence-electron chi connectivity index (χ3n) is 2.06. The Morgan fingerprint density at radius 3 is 2.89 bits per heavy atom. The first-order chi connectivity index (χ1) is 8.43. The molecular formula is C9H17N3O5P+. The summed E-state index contributed by atoms with van der Waals surface area (Å²) in [6, 6.07) is 0. The van der Waals surface area contributed by atoms with Crippen LogP contribution in [0.15, 0.2) is 18.7 Å². The van der Waals surface area contributed by atoms with E-state index in [2.05, 4.69) is 14.4 Å². The van der Waals surface area contributed by atoms with Crippen LogP contribution in [0.25, 0.3) is 0 Å². The van der Waals surface area contributed by atoms with E-state index in [9.17, 15) is 9.36 Å². The molecule has 0 aliphatic carbocycles. The lowest BCUT2D eigenvalue weighted by Crippen LogP contribution is -2.31. The average Bonchev–Trinajstić information content (AvgIpc) is 2.70. The van der Waals surface area contributed by atoms with Gasteiger partial charge in [0.2, 0.25) is 6.33 Å². The van der Waals surface area contributed by atoms with Crippen LogP contribution >= 0.6 is 7.82 Å². The fraction of sp³-hybridized carbons (Fsp3) is 0.556. The van der Waals surface area contributed by atoms with Crippen molar-refractivity contribution in [1.82, 2.24) is 9.88 Å². The van der Waals surface area contributed by atoms with E-state index < -0.39 is 7.82 Å². The second-order valence-corrected chi connectivity index (χ2v) is 5.15. The standard InChI is InChI=1S/C9H16N3O5P/c1-11-4-5-12(8-11)7-9(13)10-3-6-17-18(14,15)16-2/h4-5,8H,3,6-7H2,1-2H3,(H-,10,13,14,15)/p+1. The lowest BCUT2D eigenvalue weighted by Gasteiger charge is -2.09. The Balaban J connectivity index is 2.20. The summed E-state index contributed by atoms with van der Waals surface area (Å²) in [5, 5.41) is 2.56. The summed E-state index contributed by atoms with van der Waals surface area (Å²) in [4.78, 5) is 20.4. The predicted molar refractivity (Wildman–Crippen MR) is 61.4 cm³/mol. The fourth-order valence-corrected chi connectivity index (χ4v) is 1.65. The van der Waals surface area contributed by atoms with E-state index in [1.165, 1.54) is 0 Å². The molecule has 0 saturated heterocycles. The largest absolute Gasteiger partial charge is 0.471 e. The Morgan fingerprint density at radius 1 is 1.61 bits per heavy atom. The van der Waals surface area contributed by atoms with Crippen LogP contribution in [0.1, 0.15) is 0 Å². The molecule has 1 heterocycles. The third kappa shape index (κ3) is 5.42. The van der Waals surface area contributed by atoms with Gasteiger partial charge in [0.05, 0.1) is 13.7 Å². The van der Waals surface area contributed by atoms with Gasteiger partial charge in [-0.15, -0.1) is 0 Å². The van der Waals surface area contributed by atoms with Gasteiger partial charge >= 0.3 is 7.82 Å². The second-order valence-electron chi connectivity index (χ2n) is 3.59. The van der Waals surface area contributed by atoms with Gasteiger partial charge < -0.3 is 10.2 Å². The van der Waals surface area contributed by atoms with Crippen LogP contribution in [0.4, 0.5) is 0 Å². The predicted octanol–water partition coefficient (Wildman–Crippen LogP) is -0.808. The van der Waals surface area contributed by atoms with Gasteiger partial charge in [0.1, 0.15) is 12.4 Å². The first kappa shape index (κ1) is 14.8.